The van der Waals surface area contributed by atoms with Crippen LogP contribution in [-0.4, -0.2) is 72.7 Å². The summed E-state index contributed by atoms with van der Waals surface area (Å²) in [6.45, 7) is 81.2. The molecule has 0 saturated carbocycles. The Morgan fingerprint density at radius 3 is 0.772 bits per heavy atom. The molecule has 9 aromatic rings. The third-order valence-electron chi connectivity index (χ3n) is 20.4. The Morgan fingerprint density at radius 2 is 0.457 bits per heavy atom. The molecular formula is C97H137F21Si9. The molecule has 0 bridgehead atoms. The second-order valence-electron chi connectivity index (χ2n) is 41.7. The molecule has 0 aliphatic heterocycles. The van der Waals surface area contributed by atoms with E-state index in [-0.39, 0.29) is 35.4 Å². The molecular weight excluding hydrogens is 1820 g/mol. The first kappa shape index (κ1) is 118. The fraction of sp³-hybridized carbons (Fsp3) is 0.443. The van der Waals surface area contributed by atoms with Crippen LogP contribution in [-0.2, 0) is 43.2 Å². The highest BCUT2D eigenvalue weighted by atomic mass is 28.3. The molecule has 0 saturated heterocycles. The summed E-state index contributed by atoms with van der Waals surface area (Å²) in [7, 11) is -10.1. The normalized spacial score (nSPS) is 12.8. The maximum atomic E-state index is 12.5. The molecule has 0 aliphatic carbocycles. The van der Waals surface area contributed by atoms with Gasteiger partial charge in [0.15, 0.2) is 0 Å². The van der Waals surface area contributed by atoms with Crippen LogP contribution in [0.4, 0.5) is 92.2 Å². The van der Waals surface area contributed by atoms with Crippen LogP contribution in [0.5, 0.6) is 0 Å². The summed E-state index contributed by atoms with van der Waals surface area (Å²) in [5, 5.41) is 14.4. The third-order valence-corrected chi connectivity index (χ3v) is 39.2. The minimum atomic E-state index is -5.30. The van der Waals surface area contributed by atoms with E-state index >= 15 is 0 Å². The summed E-state index contributed by atoms with van der Waals surface area (Å²) in [6.07, 6.45) is -34.9. The van der Waals surface area contributed by atoms with E-state index in [1.165, 1.54) is 34.7 Å². The van der Waals surface area contributed by atoms with E-state index < -0.39 is 160 Å². The Labute approximate surface area is 754 Å². The van der Waals surface area contributed by atoms with Gasteiger partial charge in [0.05, 0.1) is 112 Å². The van der Waals surface area contributed by atoms with Crippen LogP contribution in [0.3, 0.4) is 0 Å². The molecule has 0 unspecified atom stereocenters. The Hall–Kier alpha value is -6.54. The standard InChI is InChI=1S/3C13H24Si2.C10H5F9.3C10H16Si.2C9H6F6/c1-11-8-12(14(2,3)4)10-13(9-11)15(5,6)7;1-11-8-9-12(14(2,3)4)10-13(11)15(5,6)7;1-11-12(14(2,3)4)9-8-10-13(11)15(5,6)7;1-4-6(9(14,15)16)2-5(8(11,12)13)3-7(4)10(17,18)19;1-9-5-7-10(8-6-9)11(2,3)4;1-9-6-5-7-10(8-9)11(2,3)4;1-9-7-5-6-8-10(9)11(2,3)4;1-5-2-6(8(10,11)12)4-7(3-5)9(13,14)15;1-5-2-3-6(8(10,11)12)4-7(5)9(13,14)15/h3*8-10H,1-7H3;2-3H,1H3;3*5-8H,1-4H3;2*2-4H,1H3. The summed E-state index contributed by atoms with van der Waals surface area (Å²) < 4.78 is 258. The quantitative estimate of drug-likeness (QED) is 0.0998. The third kappa shape index (κ3) is 41.0. The van der Waals surface area contributed by atoms with Gasteiger partial charge < -0.3 is 0 Å². The minimum absolute atomic E-state index is 0.0721. The van der Waals surface area contributed by atoms with E-state index in [9.17, 15) is 92.2 Å². The molecule has 0 radical (unpaired) electrons. The maximum absolute atomic E-state index is 12.5. The second-order valence-corrected chi connectivity index (χ2v) is 87.2. The molecule has 708 valence electrons. The van der Waals surface area contributed by atoms with Crippen molar-refractivity contribution in [3.05, 3.63) is 265 Å². The van der Waals surface area contributed by atoms with Crippen molar-refractivity contribution in [2.75, 3.05) is 0 Å². The van der Waals surface area contributed by atoms with Crippen LogP contribution in [0.2, 0.25) is 177 Å². The molecule has 9 rings (SSSR count). The summed E-state index contributed by atoms with van der Waals surface area (Å²) in [6, 6.07) is 50.2. The fourth-order valence-electron chi connectivity index (χ4n) is 13.1. The number of aryl methyl sites for hydroxylation is 7. The molecule has 0 aromatic heterocycles. The van der Waals surface area contributed by atoms with Crippen molar-refractivity contribution >= 4 is 119 Å². The molecule has 0 heterocycles. The van der Waals surface area contributed by atoms with Gasteiger partial charge in [-0.2, -0.15) is 92.2 Å². The van der Waals surface area contributed by atoms with Crippen molar-refractivity contribution in [2.24, 2.45) is 0 Å². The first-order valence-electron chi connectivity index (χ1n) is 41.8. The number of hydrogen-bond donors (Lipinski definition) is 0. The molecule has 0 nitrogen and oxygen atoms in total. The van der Waals surface area contributed by atoms with E-state index in [2.05, 4.69) is 346 Å². The number of alkyl halides is 21. The van der Waals surface area contributed by atoms with Gasteiger partial charge in [-0.05, 0) is 121 Å². The number of rotatable bonds is 9. The highest BCUT2D eigenvalue weighted by molar-refractivity contribution is 6.94. The molecule has 30 heteroatoms. The molecule has 0 amide bonds. The monoisotopic (exact) mass is 1950 g/mol. The lowest BCUT2D eigenvalue weighted by atomic mass is 9.97. The SMILES string of the molecule is Cc1c(C(F)(F)F)cc(C(F)(F)F)cc1C(F)(F)F.Cc1c([Si](C)(C)C)cccc1[Si](C)(C)C.Cc1cc(C(F)(F)F)cc(C(F)(F)F)c1.Cc1cc([Si](C)(C)C)cc([Si](C)(C)C)c1.Cc1ccc(C(F)(F)F)cc1C(F)(F)F.Cc1ccc([Si](C)(C)C)cc1.Cc1ccc([Si](C)(C)C)cc1[Si](C)(C)C.Cc1cccc([Si](C)(C)C)c1.Cc1ccccc1[Si](C)(C)C. The Bertz CT molecular complexity index is 4680. The van der Waals surface area contributed by atoms with Gasteiger partial charge >= 0.3 is 43.2 Å². The molecule has 9 aromatic carbocycles. The average Bonchev–Trinajstić information content (AvgIpc) is 0.801. The van der Waals surface area contributed by atoms with E-state index in [1.54, 1.807) is 52.2 Å². The van der Waals surface area contributed by atoms with Crippen LogP contribution in [0.1, 0.15) is 89.0 Å². The highest BCUT2D eigenvalue weighted by Crippen LogP contribution is 2.44. The zero-order chi connectivity index (χ0) is 99.9. The lowest BCUT2D eigenvalue weighted by Gasteiger charge is -2.26. The van der Waals surface area contributed by atoms with Crippen LogP contribution in [0.25, 0.3) is 0 Å². The van der Waals surface area contributed by atoms with E-state index in [1.807, 2.05) is 0 Å². The predicted octanol–water partition coefficient (Wildman–Crippen LogP) is 30.0. The lowest BCUT2D eigenvalue weighted by molar-refractivity contribution is -0.150. The van der Waals surface area contributed by atoms with Gasteiger partial charge in [0, 0.05) is 0 Å². The van der Waals surface area contributed by atoms with Crippen molar-refractivity contribution in [1.82, 2.24) is 0 Å². The lowest BCUT2D eigenvalue weighted by Crippen LogP contribution is -2.48. The highest BCUT2D eigenvalue weighted by Gasteiger charge is 2.45. The van der Waals surface area contributed by atoms with Crippen molar-refractivity contribution in [2.45, 2.75) is 282 Å². The Kier molecular flexibility index (Phi) is 41.8. The topological polar surface area (TPSA) is 0 Å². The summed E-state index contributed by atoms with van der Waals surface area (Å²) >= 11 is 0. The van der Waals surface area contributed by atoms with Crippen LogP contribution < -0.4 is 46.7 Å². The molecule has 0 fully saturated rings. The van der Waals surface area contributed by atoms with Gasteiger partial charge in [0.2, 0.25) is 0 Å². The molecule has 0 spiro atoms. The van der Waals surface area contributed by atoms with E-state index in [0.717, 1.165) is 13.0 Å². The largest absolute Gasteiger partial charge is 0.416 e. The zero-order valence-electron chi connectivity index (χ0n) is 81.2. The van der Waals surface area contributed by atoms with Crippen LogP contribution >= 0.6 is 0 Å². The molecule has 127 heavy (non-hydrogen) atoms. The fourth-order valence-corrected chi connectivity index (χ4v) is 27.0. The number of halogens is 21. The van der Waals surface area contributed by atoms with Gasteiger partial charge in [-0.1, -0.05) is 390 Å². The number of benzene rings is 9. The first-order valence-corrected chi connectivity index (χ1v) is 73.3. The smallest absolute Gasteiger partial charge is 0.166 e. The zero-order valence-corrected chi connectivity index (χ0v) is 90.2. The Morgan fingerprint density at radius 1 is 0.165 bits per heavy atom. The molecule has 0 atom stereocenters. The van der Waals surface area contributed by atoms with Gasteiger partial charge in [-0.25, -0.2) is 0 Å². The maximum Gasteiger partial charge on any atom is 0.416 e. The van der Waals surface area contributed by atoms with Crippen LogP contribution in [0, 0.1) is 62.3 Å². The number of hydrogen-bond acceptors (Lipinski definition) is 0. The molecule has 0 aliphatic rings. The van der Waals surface area contributed by atoms with Crippen molar-refractivity contribution in [1.29, 1.82) is 0 Å². The summed E-state index contributed by atoms with van der Waals surface area (Å²) in [5.41, 5.74) is -3.90. The van der Waals surface area contributed by atoms with Gasteiger partial charge in [-0.15, -0.1) is 0 Å². The Balaban J connectivity index is 0.000000718. The van der Waals surface area contributed by atoms with Crippen molar-refractivity contribution < 1.29 is 92.2 Å². The molecule has 0 N–H and O–H groups in total. The predicted molar refractivity (Wildman–Crippen MR) is 522 cm³/mol. The van der Waals surface area contributed by atoms with Gasteiger partial charge in [0.25, 0.3) is 0 Å². The van der Waals surface area contributed by atoms with E-state index in [0.29, 0.717) is 25.1 Å². The first-order chi connectivity index (χ1) is 56.3. The summed E-state index contributed by atoms with van der Waals surface area (Å²) in [5.74, 6) is 0. The minimum Gasteiger partial charge on any atom is -0.166 e. The average molecular weight is 1950 g/mol. The van der Waals surface area contributed by atoms with Gasteiger partial charge in [-0.3, -0.25) is 0 Å². The van der Waals surface area contributed by atoms with Gasteiger partial charge in [0.1, 0.15) is 0 Å². The van der Waals surface area contributed by atoms with Crippen molar-refractivity contribution in [3.8, 4) is 0 Å². The second kappa shape index (κ2) is 44.8. The van der Waals surface area contributed by atoms with Crippen LogP contribution in [0.15, 0.2) is 176 Å². The van der Waals surface area contributed by atoms with E-state index in [4.69, 9.17) is 0 Å². The van der Waals surface area contributed by atoms with Crippen molar-refractivity contribution in [3.63, 3.8) is 0 Å². The summed E-state index contributed by atoms with van der Waals surface area (Å²) in [4.78, 5) is 0.